The van der Waals surface area contributed by atoms with Crippen LogP contribution in [0.25, 0.3) is 11.0 Å². The number of benzene rings is 3. The summed E-state index contributed by atoms with van der Waals surface area (Å²) in [4.78, 5) is 26.3. The van der Waals surface area contributed by atoms with Crippen molar-refractivity contribution in [2.75, 3.05) is 22.6 Å². The van der Waals surface area contributed by atoms with Gasteiger partial charge in [-0.2, -0.15) is 0 Å². The van der Waals surface area contributed by atoms with Crippen LogP contribution in [0.5, 0.6) is 0 Å². The molecule has 0 fully saturated rings. The molecule has 1 aromatic heterocycles. The average molecular weight is 433 g/mol. The lowest BCUT2D eigenvalue weighted by Crippen LogP contribution is -2.03. The fraction of sp³-hybridized carbons (Fsp3) is 0.0455. The van der Waals surface area contributed by atoms with Crippen molar-refractivity contribution in [1.82, 2.24) is 9.97 Å². The molecule has 9 heteroatoms. The van der Waals surface area contributed by atoms with Gasteiger partial charge >= 0.3 is 5.97 Å². The van der Waals surface area contributed by atoms with Gasteiger partial charge in [0.05, 0.1) is 29.4 Å². The molecule has 0 saturated heterocycles. The molecule has 0 saturated carbocycles. The Kier molecular flexibility index (Phi) is 6.16. The van der Waals surface area contributed by atoms with E-state index in [1.807, 2.05) is 48.5 Å². The quantitative estimate of drug-likeness (QED) is 0.221. The van der Waals surface area contributed by atoms with Crippen molar-refractivity contribution in [3.8, 4) is 0 Å². The number of aromatic carboxylic acids is 1. The Bertz CT molecular complexity index is 1200. The summed E-state index contributed by atoms with van der Waals surface area (Å²) in [6, 6.07) is 21.8. The predicted octanol–water partition coefficient (Wildman–Crippen LogP) is 5.16. The number of aromatic nitrogens is 2. The van der Waals surface area contributed by atoms with E-state index >= 15 is 0 Å². The highest BCUT2D eigenvalue weighted by Crippen LogP contribution is 2.29. The van der Waals surface area contributed by atoms with E-state index < -0.39 is 5.97 Å². The third-order valence-corrected chi connectivity index (χ3v) is 5.11. The van der Waals surface area contributed by atoms with Crippen LogP contribution in [-0.4, -0.2) is 28.2 Å². The highest BCUT2D eigenvalue weighted by Gasteiger charge is 2.11. The molecule has 0 unspecified atom stereocenters. The summed E-state index contributed by atoms with van der Waals surface area (Å²) in [5.41, 5.74) is 6.06. The number of hydrogen-bond acceptors (Lipinski definition) is 8. The minimum absolute atomic E-state index is 0.218. The molecule has 4 N–H and O–H groups in total. The van der Waals surface area contributed by atoms with Gasteiger partial charge in [0.1, 0.15) is 0 Å². The second-order valence-corrected chi connectivity index (χ2v) is 7.33. The van der Waals surface area contributed by atoms with Crippen LogP contribution in [0.15, 0.2) is 77.7 Å². The molecule has 8 nitrogen and oxygen atoms in total. The van der Waals surface area contributed by atoms with E-state index in [0.29, 0.717) is 17.3 Å². The normalized spacial score (nSPS) is 10.6. The maximum atomic E-state index is 11.1. The van der Waals surface area contributed by atoms with Crippen molar-refractivity contribution in [3.63, 3.8) is 0 Å². The average Bonchev–Trinajstić information content (AvgIpc) is 2.79. The third-order valence-electron chi connectivity index (χ3n) is 4.30. The summed E-state index contributed by atoms with van der Waals surface area (Å²) in [7, 11) is 1.56. The summed E-state index contributed by atoms with van der Waals surface area (Å²) in [6.07, 6.45) is 0. The third kappa shape index (κ3) is 5.03. The molecule has 3 aromatic carbocycles. The van der Waals surface area contributed by atoms with Crippen molar-refractivity contribution >= 4 is 52.0 Å². The van der Waals surface area contributed by atoms with Gasteiger partial charge < -0.3 is 15.1 Å². The van der Waals surface area contributed by atoms with Crippen LogP contribution in [-0.2, 0) is 4.84 Å². The molecule has 1 heterocycles. The van der Waals surface area contributed by atoms with Gasteiger partial charge in [-0.1, -0.05) is 12.1 Å². The summed E-state index contributed by atoms with van der Waals surface area (Å²) < 4.78 is 3.26. The topological polar surface area (TPSA) is 108 Å². The van der Waals surface area contributed by atoms with Crippen molar-refractivity contribution in [2.24, 2.45) is 0 Å². The van der Waals surface area contributed by atoms with E-state index in [0.717, 1.165) is 21.6 Å². The standard InChI is InChI=1S/C22H19N5O3S/c1-30-26-16-10-12-17(13-11-16)31-27-21-20(24-18-4-2-3-5-19(18)25-21)23-15-8-6-14(7-9-15)22(28)29/h2-13,26H,1H3,(H,23,24)(H,25,27)(H,28,29). The Hall–Kier alpha value is -3.82. The molecule has 4 rings (SSSR count). The first-order valence-electron chi connectivity index (χ1n) is 9.31. The number of nitrogens with zero attached hydrogens (tertiary/aromatic N) is 2. The smallest absolute Gasteiger partial charge is 0.335 e. The first-order chi connectivity index (χ1) is 15.1. The van der Waals surface area contributed by atoms with E-state index in [1.54, 1.807) is 19.2 Å². The molecule has 4 aromatic rings. The molecular weight excluding hydrogens is 414 g/mol. The molecule has 0 radical (unpaired) electrons. The molecule has 0 aliphatic rings. The van der Waals surface area contributed by atoms with Crippen LogP contribution in [0.2, 0.25) is 0 Å². The summed E-state index contributed by atoms with van der Waals surface area (Å²) in [5, 5.41) is 12.3. The molecule has 0 spiro atoms. The Balaban J connectivity index is 1.59. The fourth-order valence-electron chi connectivity index (χ4n) is 2.81. The highest BCUT2D eigenvalue weighted by atomic mass is 32.2. The number of carboxylic acid groups (broad SMARTS) is 1. The van der Waals surface area contributed by atoms with Gasteiger partial charge in [-0.3, -0.25) is 10.3 Å². The number of nitrogens with one attached hydrogen (secondary N) is 3. The number of para-hydroxylation sites is 2. The first-order valence-corrected chi connectivity index (χ1v) is 10.1. The summed E-state index contributed by atoms with van der Waals surface area (Å²) >= 11 is 1.40. The number of anilines is 4. The highest BCUT2D eigenvalue weighted by molar-refractivity contribution is 8.00. The number of hydrogen-bond donors (Lipinski definition) is 4. The minimum Gasteiger partial charge on any atom is -0.478 e. The maximum absolute atomic E-state index is 11.1. The summed E-state index contributed by atoms with van der Waals surface area (Å²) in [6.45, 7) is 0. The van der Waals surface area contributed by atoms with Gasteiger partial charge in [0.2, 0.25) is 0 Å². The van der Waals surface area contributed by atoms with Crippen molar-refractivity contribution in [1.29, 1.82) is 0 Å². The predicted molar refractivity (Wildman–Crippen MR) is 123 cm³/mol. The zero-order valence-corrected chi connectivity index (χ0v) is 17.3. The second kappa shape index (κ2) is 9.33. The minimum atomic E-state index is -0.970. The van der Waals surface area contributed by atoms with Crippen LogP contribution in [0.3, 0.4) is 0 Å². The van der Waals surface area contributed by atoms with E-state index in [2.05, 4.69) is 20.5 Å². The van der Waals surface area contributed by atoms with E-state index in [1.165, 1.54) is 24.1 Å². The largest absolute Gasteiger partial charge is 0.478 e. The Morgan fingerprint density at radius 2 is 1.48 bits per heavy atom. The van der Waals surface area contributed by atoms with Gasteiger partial charge in [-0.05, 0) is 72.6 Å². The zero-order chi connectivity index (χ0) is 21.6. The number of carbonyl (C=O) groups is 1. The van der Waals surface area contributed by atoms with Gasteiger partial charge in [-0.25, -0.2) is 14.8 Å². The Morgan fingerprint density at radius 1 is 0.871 bits per heavy atom. The molecule has 0 amide bonds. The van der Waals surface area contributed by atoms with Crippen LogP contribution >= 0.6 is 11.9 Å². The number of fused-ring (bicyclic) bond motifs is 1. The van der Waals surface area contributed by atoms with Crippen LogP contribution < -0.4 is 15.5 Å². The lowest BCUT2D eigenvalue weighted by molar-refractivity contribution is 0.0697. The van der Waals surface area contributed by atoms with Crippen LogP contribution in [0, 0.1) is 0 Å². The van der Waals surface area contributed by atoms with Gasteiger partial charge in [0.25, 0.3) is 0 Å². The monoisotopic (exact) mass is 433 g/mol. The van der Waals surface area contributed by atoms with Gasteiger partial charge in [0, 0.05) is 10.6 Å². The van der Waals surface area contributed by atoms with Crippen molar-refractivity contribution in [3.05, 3.63) is 78.4 Å². The number of rotatable bonds is 8. The lowest BCUT2D eigenvalue weighted by atomic mass is 10.2. The summed E-state index contributed by atoms with van der Waals surface area (Å²) in [5.74, 6) is 0.125. The Labute approximate surface area is 182 Å². The molecule has 0 bridgehead atoms. The van der Waals surface area contributed by atoms with Crippen molar-refractivity contribution in [2.45, 2.75) is 4.90 Å². The lowest BCUT2D eigenvalue weighted by Gasteiger charge is -2.13. The van der Waals surface area contributed by atoms with Gasteiger partial charge in [0.15, 0.2) is 11.6 Å². The van der Waals surface area contributed by atoms with Crippen LogP contribution in [0.4, 0.5) is 23.0 Å². The van der Waals surface area contributed by atoms with Crippen molar-refractivity contribution < 1.29 is 14.7 Å². The fourth-order valence-corrected chi connectivity index (χ4v) is 3.44. The molecular formula is C22H19N5O3S. The second-order valence-electron chi connectivity index (χ2n) is 6.45. The molecule has 0 aliphatic carbocycles. The van der Waals surface area contributed by atoms with E-state index in [9.17, 15) is 4.79 Å². The molecule has 31 heavy (non-hydrogen) atoms. The maximum Gasteiger partial charge on any atom is 0.335 e. The zero-order valence-electron chi connectivity index (χ0n) is 16.5. The van der Waals surface area contributed by atoms with E-state index in [-0.39, 0.29) is 5.56 Å². The van der Waals surface area contributed by atoms with Crippen LogP contribution in [0.1, 0.15) is 10.4 Å². The first kappa shape index (κ1) is 20.5. The number of carboxylic acids is 1. The van der Waals surface area contributed by atoms with Gasteiger partial charge in [-0.15, -0.1) is 0 Å². The SMILES string of the molecule is CONc1ccc(SNc2nc3ccccc3nc2Nc2ccc(C(=O)O)cc2)cc1. The molecule has 0 aliphatic heterocycles. The Morgan fingerprint density at radius 3 is 2.10 bits per heavy atom. The van der Waals surface area contributed by atoms with E-state index in [4.69, 9.17) is 14.9 Å². The molecule has 156 valence electrons. The molecule has 0 atom stereocenters.